The van der Waals surface area contributed by atoms with E-state index in [9.17, 15) is 9.59 Å². The van der Waals surface area contributed by atoms with Crippen LogP contribution < -0.4 is 24.4 Å². The normalized spacial score (nSPS) is 14.6. The molecule has 1 aliphatic heterocycles. The van der Waals surface area contributed by atoms with E-state index in [2.05, 4.69) is 21.2 Å². The Kier molecular flexibility index (Phi) is 8.02. The lowest BCUT2D eigenvalue weighted by Crippen LogP contribution is -2.54. The second kappa shape index (κ2) is 11.4. The van der Waals surface area contributed by atoms with Crippen molar-refractivity contribution in [2.45, 2.75) is 13.5 Å². The lowest BCUT2D eigenvalue weighted by atomic mass is 10.1. The van der Waals surface area contributed by atoms with Gasteiger partial charge in [-0.2, -0.15) is 0 Å². The van der Waals surface area contributed by atoms with Crippen molar-refractivity contribution in [3.05, 3.63) is 87.9 Å². The molecule has 36 heavy (non-hydrogen) atoms. The number of rotatable bonds is 8. The Morgan fingerprint density at radius 2 is 1.81 bits per heavy atom. The van der Waals surface area contributed by atoms with Gasteiger partial charge in [-0.1, -0.05) is 36.4 Å². The first-order valence-corrected chi connectivity index (χ1v) is 12.3. The van der Waals surface area contributed by atoms with E-state index in [1.807, 2.05) is 37.3 Å². The Bertz CT molecular complexity index is 1340. The number of benzene rings is 3. The fraction of sp³-hybridized carbons (Fsp3) is 0.148. The molecule has 184 valence electrons. The summed E-state index contributed by atoms with van der Waals surface area (Å²) in [6, 6.07) is 20.2. The van der Waals surface area contributed by atoms with Crippen LogP contribution in [0.3, 0.4) is 0 Å². The number of carbonyl (C=O) groups excluding carboxylic acids is 2. The van der Waals surface area contributed by atoms with E-state index >= 15 is 0 Å². The first-order valence-electron chi connectivity index (χ1n) is 11.1. The molecular formula is C27H23BrN2O5S. The highest BCUT2D eigenvalue weighted by Gasteiger charge is 2.34. The van der Waals surface area contributed by atoms with Gasteiger partial charge in [-0.05, 0) is 76.5 Å². The average molecular weight is 567 g/mol. The number of thiocarbonyl (C=S) groups is 1. The van der Waals surface area contributed by atoms with Crippen molar-refractivity contribution in [2.24, 2.45) is 0 Å². The van der Waals surface area contributed by atoms with Gasteiger partial charge < -0.3 is 14.2 Å². The van der Waals surface area contributed by atoms with E-state index in [-0.39, 0.29) is 10.7 Å². The lowest BCUT2D eigenvalue weighted by Gasteiger charge is -2.29. The fourth-order valence-electron chi connectivity index (χ4n) is 3.63. The molecule has 0 spiro atoms. The minimum Gasteiger partial charge on any atom is -0.494 e. The number of anilines is 1. The second-order valence-electron chi connectivity index (χ2n) is 7.70. The summed E-state index contributed by atoms with van der Waals surface area (Å²) in [6.45, 7) is 2.70. The highest BCUT2D eigenvalue weighted by molar-refractivity contribution is 9.10. The van der Waals surface area contributed by atoms with Crippen molar-refractivity contribution in [3.8, 4) is 17.2 Å². The molecule has 9 heteroatoms. The van der Waals surface area contributed by atoms with Gasteiger partial charge in [0.25, 0.3) is 11.8 Å². The molecule has 1 saturated heterocycles. The smallest absolute Gasteiger partial charge is 0.270 e. The lowest BCUT2D eigenvalue weighted by molar-refractivity contribution is -0.122. The van der Waals surface area contributed by atoms with Gasteiger partial charge in [0.05, 0.1) is 23.9 Å². The van der Waals surface area contributed by atoms with Gasteiger partial charge in [-0.3, -0.25) is 19.8 Å². The van der Waals surface area contributed by atoms with Gasteiger partial charge >= 0.3 is 0 Å². The van der Waals surface area contributed by atoms with E-state index in [1.165, 1.54) is 18.1 Å². The number of carbonyl (C=O) groups is 2. The number of nitrogens with one attached hydrogen (secondary N) is 1. The van der Waals surface area contributed by atoms with Crippen LogP contribution in [0.15, 0.2) is 76.8 Å². The maximum Gasteiger partial charge on any atom is 0.270 e. The van der Waals surface area contributed by atoms with Crippen LogP contribution in [0.1, 0.15) is 18.1 Å². The Balaban J connectivity index is 1.64. The number of hydrogen-bond donors (Lipinski definition) is 1. The molecule has 0 aliphatic carbocycles. The Morgan fingerprint density at radius 3 is 2.53 bits per heavy atom. The van der Waals surface area contributed by atoms with Crippen molar-refractivity contribution < 1.29 is 23.8 Å². The van der Waals surface area contributed by atoms with Gasteiger partial charge in [0.15, 0.2) is 16.6 Å². The summed E-state index contributed by atoms with van der Waals surface area (Å²) in [5, 5.41) is 2.59. The highest BCUT2D eigenvalue weighted by atomic mass is 79.9. The summed E-state index contributed by atoms with van der Waals surface area (Å²) in [5.74, 6) is 0.428. The van der Waals surface area contributed by atoms with Crippen molar-refractivity contribution in [3.63, 3.8) is 0 Å². The molecule has 1 fully saturated rings. The first kappa shape index (κ1) is 25.4. The topological polar surface area (TPSA) is 77.1 Å². The average Bonchev–Trinajstić information content (AvgIpc) is 2.86. The summed E-state index contributed by atoms with van der Waals surface area (Å²) in [6.07, 6.45) is 1.49. The molecule has 1 heterocycles. The summed E-state index contributed by atoms with van der Waals surface area (Å²) in [5.41, 5.74) is 1.99. The quantitative estimate of drug-likeness (QED) is 0.227. The zero-order valence-electron chi connectivity index (χ0n) is 19.6. The summed E-state index contributed by atoms with van der Waals surface area (Å²) in [7, 11) is 1.53. The molecule has 3 aromatic rings. The summed E-state index contributed by atoms with van der Waals surface area (Å²) >= 11 is 8.82. The van der Waals surface area contributed by atoms with E-state index in [0.29, 0.717) is 46.2 Å². The molecular weight excluding hydrogens is 544 g/mol. The maximum absolute atomic E-state index is 13.4. The van der Waals surface area contributed by atoms with Crippen LogP contribution in [0.5, 0.6) is 17.2 Å². The van der Waals surface area contributed by atoms with E-state index in [1.54, 1.807) is 36.4 Å². The van der Waals surface area contributed by atoms with Gasteiger partial charge in [0.2, 0.25) is 0 Å². The van der Waals surface area contributed by atoms with Crippen LogP contribution in [0.25, 0.3) is 6.08 Å². The Labute approximate surface area is 222 Å². The molecule has 0 atom stereocenters. The number of ether oxygens (including phenoxy) is 3. The van der Waals surface area contributed by atoms with Crippen molar-refractivity contribution in [1.29, 1.82) is 0 Å². The number of amides is 2. The van der Waals surface area contributed by atoms with Crippen LogP contribution in [-0.2, 0) is 16.2 Å². The molecule has 2 amide bonds. The van der Waals surface area contributed by atoms with E-state index in [0.717, 1.165) is 5.56 Å². The van der Waals surface area contributed by atoms with Crippen LogP contribution in [0.2, 0.25) is 0 Å². The van der Waals surface area contributed by atoms with Crippen LogP contribution in [0.4, 0.5) is 5.69 Å². The van der Waals surface area contributed by atoms with Crippen LogP contribution >= 0.6 is 28.1 Å². The number of hydrogen-bond acceptors (Lipinski definition) is 6. The zero-order valence-corrected chi connectivity index (χ0v) is 22.0. The molecule has 0 aromatic heterocycles. The van der Waals surface area contributed by atoms with Crippen LogP contribution in [-0.4, -0.2) is 30.6 Å². The zero-order chi connectivity index (χ0) is 25.7. The fourth-order valence-corrected chi connectivity index (χ4v) is 4.49. The van der Waals surface area contributed by atoms with Crippen molar-refractivity contribution in [2.75, 3.05) is 18.6 Å². The first-order chi connectivity index (χ1) is 17.4. The number of methoxy groups -OCH3 is 1. The summed E-state index contributed by atoms with van der Waals surface area (Å²) < 4.78 is 17.7. The van der Waals surface area contributed by atoms with Crippen molar-refractivity contribution in [1.82, 2.24) is 5.32 Å². The monoisotopic (exact) mass is 566 g/mol. The SMILES string of the molecule is CCOc1cccc(N2C(=O)/C(=C/c3cc(Br)c(OCc4ccccc4)c(OC)c3)C(=O)NC2=S)c1. The molecule has 0 bridgehead atoms. The minimum atomic E-state index is -0.582. The predicted octanol–water partition coefficient (Wildman–Crippen LogP) is 5.27. The molecule has 7 nitrogen and oxygen atoms in total. The molecule has 0 unspecified atom stereocenters. The second-order valence-corrected chi connectivity index (χ2v) is 8.94. The predicted molar refractivity (Wildman–Crippen MR) is 145 cm³/mol. The van der Waals surface area contributed by atoms with Crippen LogP contribution in [0, 0.1) is 0 Å². The van der Waals surface area contributed by atoms with E-state index < -0.39 is 11.8 Å². The molecule has 1 aliphatic rings. The molecule has 1 N–H and O–H groups in total. The molecule has 3 aromatic carbocycles. The highest BCUT2D eigenvalue weighted by Crippen LogP contribution is 2.38. The Morgan fingerprint density at radius 1 is 1.03 bits per heavy atom. The maximum atomic E-state index is 13.4. The third-order valence-corrected chi connectivity index (χ3v) is 6.15. The van der Waals surface area contributed by atoms with Gasteiger partial charge in [0, 0.05) is 6.07 Å². The molecule has 0 saturated carbocycles. The van der Waals surface area contributed by atoms with Gasteiger partial charge in [-0.15, -0.1) is 0 Å². The van der Waals surface area contributed by atoms with Gasteiger partial charge in [-0.25, -0.2) is 0 Å². The summed E-state index contributed by atoms with van der Waals surface area (Å²) in [4.78, 5) is 27.4. The largest absolute Gasteiger partial charge is 0.494 e. The standard InChI is InChI=1S/C27H23BrN2O5S/c1-3-34-20-11-7-10-19(15-20)30-26(32)21(25(31)29-27(30)36)12-18-13-22(28)24(23(14-18)33-2)35-16-17-8-5-4-6-9-17/h4-15H,3,16H2,1-2H3,(H,29,31,36)/b21-12+. The Hall–Kier alpha value is -3.69. The number of halogens is 1. The van der Waals surface area contributed by atoms with E-state index in [4.69, 9.17) is 26.4 Å². The third-order valence-electron chi connectivity index (χ3n) is 5.28. The number of nitrogens with zero attached hydrogens (tertiary/aromatic N) is 1. The van der Waals surface area contributed by atoms with Crippen molar-refractivity contribution >= 4 is 56.8 Å². The third kappa shape index (κ3) is 5.58. The molecule has 0 radical (unpaired) electrons. The molecule has 4 rings (SSSR count). The van der Waals surface area contributed by atoms with Gasteiger partial charge in [0.1, 0.15) is 17.9 Å². The minimum absolute atomic E-state index is 0.000723.